The van der Waals surface area contributed by atoms with Gasteiger partial charge in [0.05, 0.1) is 14.2 Å². The van der Waals surface area contributed by atoms with E-state index in [1.54, 1.807) is 26.4 Å². The summed E-state index contributed by atoms with van der Waals surface area (Å²) in [6, 6.07) is 11.7. The van der Waals surface area contributed by atoms with Gasteiger partial charge in [0, 0.05) is 17.5 Å². The fraction of sp³-hybridized carbons (Fsp3) is 0.368. The molecule has 2 aromatic rings. The molecule has 1 aliphatic carbocycles. The van der Waals surface area contributed by atoms with E-state index < -0.39 is 0 Å². The molecule has 0 bridgehead atoms. The molecule has 2 atom stereocenters. The Hall–Kier alpha value is -2.36. The van der Waals surface area contributed by atoms with Crippen LogP contribution in [0, 0.1) is 0 Å². The number of hydrogen-bond acceptors (Lipinski definition) is 4. The van der Waals surface area contributed by atoms with Crippen molar-refractivity contribution in [3.63, 3.8) is 0 Å². The van der Waals surface area contributed by atoms with E-state index in [1.807, 2.05) is 12.1 Å². The van der Waals surface area contributed by atoms with Crippen LogP contribution in [0.15, 0.2) is 36.4 Å². The van der Waals surface area contributed by atoms with Gasteiger partial charge in [-0.05, 0) is 43.0 Å². The Labute approximate surface area is 135 Å². The van der Waals surface area contributed by atoms with Crippen molar-refractivity contribution in [2.45, 2.75) is 30.8 Å². The lowest BCUT2D eigenvalue weighted by molar-refractivity contribution is 0.0838. The highest BCUT2D eigenvalue weighted by Crippen LogP contribution is 2.60. The number of phenolic OH excluding ortho intramolecular Hbond substituents is 1. The van der Waals surface area contributed by atoms with Gasteiger partial charge in [-0.2, -0.15) is 0 Å². The van der Waals surface area contributed by atoms with Crippen molar-refractivity contribution < 1.29 is 19.3 Å². The van der Waals surface area contributed by atoms with Gasteiger partial charge in [0.25, 0.3) is 0 Å². The lowest BCUT2D eigenvalue weighted by Crippen LogP contribution is -2.30. The van der Waals surface area contributed by atoms with E-state index in [1.165, 1.54) is 0 Å². The van der Waals surface area contributed by atoms with Gasteiger partial charge < -0.3 is 19.3 Å². The lowest BCUT2D eigenvalue weighted by Gasteiger charge is -2.29. The summed E-state index contributed by atoms with van der Waals surface area (Å²) in [4.78, 5) is 0. The molecular weight excluding hydrogens is 292 g/mol. The van der Waals surface area contributed by atoms with E-state index in [9.17, 15) is 5.11 Å². The maximum absolute atomic E-state index is 10.1. The largest absolute Gasteiger partial charge is 0.504 e. The first-order valence-electron chi connectivity index (χ1n) is 7.92. The molecule has 0 radical (unpaired) electrons. The molecule has 4 rings (SSSR count). The van der Waals surface area contributed by atoms with Crippen LogP contribution in [0.1, 0.15) is 36.3 Å². The van der Waals surface area contributed by atoms with Crippen molar-refractivity contribution in [3.8, 4) is 23.0 Å². The third-order valence-corrected chi connectivity index (χ3v) is 5.16. The Morgan fingerprint density at radius 2 is 1.91 bits per heavy atom. The van der Waals surface area contributed by atoms with Crippen LogP contribution in [0.25, 0.3) is 0 Å². The smallest absolute Gasteiger partial charge is 0.164 e. The zero-order valence-electron chi connectivity index (χ0n) is 13.3. The Morgan fingerprint density at radius 1 is 1.13 bits per heavy atom. The number of benzene rings is 2. The number of ether oxygens (including phenoxy) is 3. The molecule has 120 valence electrons. The quantitative estimate of drug-likeness (QED) is 0.932. The predicted octanol–water partition coefficient (Wildman–Crippen LogP) is 3.96. The van der Waals surface area contributed by atoms with Crippen LogP contribution in [0.5, 0.6) is 23.0 Å². The molecule has 2 aromatic carbocycles. The normalized spacial score (nSPS) is 24.7. The summed E-state index contributed by atoms with van der Waals surface area (Å²) in [5.41, 5.74) is 1.90. The minimum absolute atomic E-state index is 0.173. The van der Waals surface area contributed by atoms with Crippen molar-refractivity contribution in [1.82, 2.24) is 0 Å². The molecular formula is C19H20O4. The van der Waals surface area contributed by atoms with Crippen molar-refractivity contribution in [2.75, 3.05) is 14.2 Å². The average Bonchev–Trinajstić information content (AvgIpc) is 3.12. The zero-order valence-corrected chi connectivity index (χ0v) is 13.3. The maximum Gasteiger partial charge on any atom is 0.164 e. The maximum atomic E-state index is 10.1. The van der Waals surface area contributed by atoms with Crippen LogP contribution in [0.4, 0.5) is 0 Å². The number of methoxy groups -OCH3 is 2. The van der Waals surface area contributed by atoms with Crippen LogP contribution in [-0.4, -0.2) is 19.3 Å². The molecule has 1 N–H and O–H groups in total. The van der Waals surface area contributed by atoms with Crippen molar-refractivity contribution in [2.24, 2.45) is 0 Å². The molecule has 0 amide bonds. The Balaban J connectivity index is 1.79. The molecule has 0 saturated heterocycles. The Kier molecular flexibility index (Phi) is 3.15. The van der Waals surface area contributed by atoms with E-state index in [0.717, 1.165) is 41.9 Å². The van der Waals surface area contributed by atoms with Crippen LogP contribution in [0.3, 0.4) is 0 Å². The molecule has 1 saturated carbocycles. The summed E-state index contributed by atoms with van der Waals surface area (Å²) in [5.74, 6) is 2.55. The molecule has 2 unspecified atom stereocenters. The minimum atomic E-state index is -0.340. The number of rotatable bonds is 3. The average molecular weight is 312 g/mol. The van der Waals surface area contributed by atoms with Gasteiger partial charge in [-0.25, -0.2) is 0 Å². The second-order valence-corrected chi connectivity index (χ2v) is 6.23. The molecule has 0 spiro atoms. The highest BCUT2D eigenvalue weighted by atomic mass is 16.5. The first-order valence-corrected chi connectivity index (χ1v) is 7.92. The number of phenols is 1. The molecule has 1 heterocycles. The molecule has 4 nitrogen and oxygen atoms in total. The summed E-state index contributed by atoms with van der Waals surface area (Å²) >= 11 is 0. The summed E-state index contributed by atoms with van der Waals surface area (Å²) in [7, 11) is 3.22. The van der Waals surface area contributed by atoms with Gasteiger partial charge in [0.1, 0.15) is 17.1 Å². The topological polar surface area (TPSA) is 47.9 Å². The van der Waals surface area contributed by atoms with E-state index in [4.69, 9.17) is 14.2 Å². The summed E-state index contributed by atoms with van der Waals surface area (Å²) < 4.78 is 16.9. The van der Waals surface area contributed by atoms with E-state index in [-0.39, 0.29) is 17.3 Å². The van der Waals surface area contributed by atoms with Gasteiger partial charge in [-0.1, -0.05) is 12.1 Å². The van der Waals surface area contributed by atoms with E-state index >= 15 is 0 Å². The highest BCUT2D eigenvalue weighted by Gasteiger charge is 2.53. The highest BCUT2D eigenvalue weighted by molar-refractivity contribution is 5.56. The second kappa shape index (κ2) is 5.08. The summed E-state index contributed by atoms with van der Waals surface area (Å²) in [5, 5.41) is 10.1. The molecule has 1 fully saturated rings. The number of aromatic hydroxyl groups is 1. The summed E-state index contributed by atoms with van der Waals surface area (Å²) in [6.45, 7) is 0. The number of hydrogen-bond donors (Lipinski definition) is 1. The molecule has 2 aliphatic rings. The minimum Gasteiger partial charge on any atom is -0.504 e. The molecule has 0 aromatic heterocycles. The van der Waals surface area contributed by atoms with Gasteiger partial charge in [-0.15, -0.1) is 0 Å². The van der Waals surface area contributed by atoms with Crippen molar-refractivity contribution >= 4 is 0 Å². The standard InChI is InChI=1S/C19H20O4/c1-21-13-7-5-12(6-8-13)19-9-3-4-15(19)14-10-16(20)18(22-2)11-17(14)23-19/h5-8,10-11,15,20H,3-4,9H2,1-2H3. The number of fused-ring (bicyclic) bond motifs is 3. The molecule has 23 heavy (non-hydrogen) atoms. The van der Waals surface area contributed by atoms with Gasteiger partial charge in [0.2, 0.25) is 0 Å². The van der Waals surface area contributed by atoms with Crippen LogP contribution < -0.4 is 14.2 Å². The predicted molar refractivity (Wildman–Crippen MR) is 86.6 cm³/mol. The van der Waals surface area contributed by atoms with Gasteiger partial charge >= 0.3 is 0 Å². The summed E-state index contributed by atoms with van der Waals surface area (Å²) in [6.07, 6.45) is 3.15. The van der Waals surface area contributed by atoms with Crippen molar-refractivity contribution in [3.05, 3.63) is 47.5 Å². The van der Waals surface area contributed by atoms with E-state index in [2.05, 4.69) is 12.1 Å². The lowest BCUT2D eigenvalue weighted by atomic mass is 9.82. The first kappa shape index (κ1) is 14.2. The SMILES string of the molecule is COc1ccc(C23CCCC2c2cc(O)c(OC)cc2O3)cc1. The van der Waals surface area contributed by atoms with Crippen molar-refractivity contribution in [1.29, 1.82) is 0 Å². The Bertz CT molecular complexity index is 738. The first-order chi connectivity index (χ1) is 11.2. The second-order valence-electron chi connectivity index (χ2n) is 6.23. The zero-order chi connectivity index (χ0) is 16.0. The van der Waals surface area contributed by atoms with Crippen LogP contribution in [0.2, 0.25) is 0 Å². The third kappa shape index (κ3) is 1.97. The fourth-order valence-electron chi connectivity index (χ4n) is 4.07. The monoisotopic (exact) mass is 312 g/mol. The molecule has 1 aliphatic heterocycles. The third-order valence-electron chi connectivity index (χ3n) is 5.16. The fourth-order valence-corrected chi connectivity index (χ4v) is 4.07. The van der Waals surface area contributed by atoms with Gasteiger partial charge in [0.15, 0.2) is 11.5 Å². The van der Waals surface area contributed by atoms with Crippen LogP contribution >= 0.6 is 0 Å². The van der Waals surface area contributed by atoms with Crippen LogP contribution in [-0.2, 0) is 5.60 Å². The van der Waals surface area contributed by atoms with Gasteiger partial charge in [-0.3, -0.25) is 0 Å². The van der Waals surface area contributed by atoms with E-state index in [0.29, 0.717) is 5.75 Å². The molecule has 4 heteroatoms. The Morgan fingerprint density at radius 3 is 2.61 bits per heavy atom.